The molecule has 3 nitrogen and oxygen atoms in total. The minimum Gasteiger partial charge on any atom is -0.435 e. The summed E-state index contributed by atoms with van der Waals surface area (Å²) in [4.78, 5) is 4.91. The molecule has 0 bridgehead atoms. The lowest BCUT2D eigenvalue weighted by Crippen LogP contribution is -2.02. The molecule has 1 N–H and O–H groups in total. The van der Waals surface area contributed by atoms with E-state index in [0.717, 1.165) is 10.6 Å². The summed E-state index contributed by atoms with van der Waals surface area (Å²) >= 11 is 7.09. The van der Waals surface area contributed by atoms with E-state index in [1.54, 1.807) is 18.3 Å². The van der Waals surface area contributed by atoms with Crippen LogP contribution < -0.4 is 10.1 Å². The number of benzene rings is 1. The highest BCUT2D eigenvalue weighted by Gasteiger charge is 2.04. The first-order valence-corrected chi connectivity index (χ1v) is 6.22. The van der Waals surface area contributed by atoms with Crippen LogP contribution in [0.1, 0.15) is 4.88 Å². The number of nitrogens with one attached hydrogen (secondary N) is 1. The summed E-state index contributed by atoms with van der Waals surface area (Å²) in [6, 6.07) is 6.29. The molecule has 96 valence electrons. The van der Waals surface area contributed by atoms with Crippen molar-refractivity contribution in [3.8, 4) is 5.75 Å². The van der Waals surface area contributed by atoms with Crippen molar-refractivity contribution in [2.24, 2.45) is 0 Å². The van der Waals surface area contributed by atoms with Gasteiger partial charge in [-0.1, -0.05) is 11.6 Å². The average molecular weight is 291 g/mol. The molecule has 0 aliphatic rings. The molecule has 0 spiro atoms. The fraction of sp³-hybridized carbons (Fsp3) is 0.182. The van der Waals surface area contributed by atoms with Gasteiger partial charge in [-0.25, -0.2) is 4.98 Å². The molecule has 0 fully saturated rings. The maximum absolute atomic E-state index is 11.9. The Labute approximate surface area is 111 Å². The Bertz CT molecular complexity index is 504. The van der Waals surface area contributed by atoms with Gasteiger partial charge in [0.05, 0.1) is 6.54 Å². The van der Waals surface area contributed by atoms with Gasteiger partial charge in [0.15, 0.2) is 4.47 Å². The van der Waals surface area contributed by atoms with E-state index >= 15 is 0 Å². The summed E-state index contributed by atoms with van der Waals surface area (Å²) in [7, 11) is 0. The van der Waals surface area contributed by atoms with E-state index in [1.165, 1.54) is 23.5 Å². The molecule has 0 saturated heterocycles. The molecule has 2 aromatic rings. The third-order valence-corrected chi connectivity index (χ3v) is 3.19. The molecule has 0 amide bonds. The number of aromatic nitrogens is 1. The first-order valence-electron chi connectivity index (χ1n) is 5.02. The van der Waals surface area contributed by atoms with Crippen molar-refractivity contribution < 1.29 is 13.5 Å². The van der Waals surface area contributed by atoms with Crippen molar-refractivity contribution >= 4 is 28.6 Å². The molecule has 0 aliphatic carbocycles. The average Bonchev–Trinajstić information content (AvgIpc) is 2.74. The molecule has 0 saturated carbocycles. The van der Waals surface area contributed by atoms with Crippen LogP contribution in [0.2, 0.25) is 4.47 Å². The first-order chi connectivity index (χ1) is 8.63. The van der Waals surface area contributed by atoms with Gasteiger partial charge in [0.2, 0.25) is 0 Å². The molecular weight excluding hydrogens is 282 g/mol. The standard InChI is InChI=1S/C11H9ClF2N2OS/c12-10-16-6-9(18-10)5-15-7-1-3-8(4-2-7)17-11(13)14/h1-4,6,11,15H,5H2. The number of ether oxygens (including phenoxy) is 1. The van der Waals surface area contributed by atoms with E-state index in [4.69, 9.17) is 11.6 Å². The van der Waals surface area contributed by atoms with Gasteiger partial charge in [0, 0.05) is 16.8 Å². The molecule has 1 aromatic carbocycles. The van der Waals surface area contributed by atoms with Gasteiger partial charge in [-0.2, -0.15) is 8.78 Å². The van der Waals surface area contributed by atoms with Crippen molar-refractivity contribution in [1.82, 2.24) is 4.98 Å². The van der Waals surface area contributed by atoms with Gasteiger partial charge in [0.25, 0.3) is 0 Å². The summed E-state index contributed by atoms with van der Waals surface area (Å²) in [5.74, 6) is 0.136. The van der Waals surface area contributed by atoms with Crippen molar-refractivity contribution in [1.29, 1.82) is 0 Å². The Morgan fingerprint density at radius 3 is 2.61 bits per heavy atom. The summed E-state index contributed by atoms with van der Waals surface area (Å²) < 4.78 is 28.6. The quantitative estimate of drug-likeness (QED) is 0.903. The second-order valence-electron chi connectivity index (χ2n) is 3.34. The predicted octanol–water partition coefficient (Wildman–Crippen LogP) is 4.01. The number of rotatable bonds is 5. The SMILES string of the molecule is FC(F)Oc1ccc(NCc2cnc(Cl)s2)cc1. The Balaban J connectivity index is 1.90. The molecule has 0 unspecified atom stereocenters. The van der Waals surface area contributed by atoms with Gasteiger partial charge < -0.3 is 10.1 Å². The summed E-state index contributed by atoms with van der Waals surface area (Å²) in [5.41, 5.74) is 0.807. The zero-order chi connectivity index (χ0) is 13.0. The first kappa shape index (κ1) is 13.0. The Kier molecular flexibility index (Phi) is 4.33. The van der Waals surface area contributed by atoms with Crippen LogP contribution in [-0.2, 0) is 6.54 Å². The largest absolute Gasteiger partial charge is 0.435 e. The van der Waals surface area contributed by atoms with Crippen LogP contribution in [0, 0.1) is 0 Å². The zero-order valence-electron chi connectivity index (χ0n) is 9.07. The van der Waals surface area contributed by atoms with Gasteiger partial charge in [0.1, 0.15) is 5.75 Å². The fourth-order valence-corrected chi connectivity index (χ4v) is 2.23. The van der Waals surface area contributed by atoms with Crippen molar-refractivity contribution in [2.45, 2.75) is 13.2 Å². The van der Waals surface area contributed by atoms with Crippen LogP contribution in [0.25, 0.3) is 0 Å². The van der Waals surface area contributed by atoms with Crippen LogP contribution in [0.4, 0.5) is 14.5 Å². The highest BCUT2D eigenvalue weighted by Crippen LogP contribution is 2.21. The Morgan fingerprint density at radius 1 is 1.33 bits per heavy atom. The smallest absolute Gasteiger partial charge is 0.387 e. The lowest BCUT2D eigenvalue weighted by Gasteiger charge is -2.07. The second-order valence-corrected chi connectivity index (χ2v) is 5.03. The number of alkyl halides is 2. The Morgan fingerprint density at radius 2 is 2.06 bits per heavy atom. The number of hydrogen-bond donors (Lipinski definition) is 1. The van der Waals surface area contributed by atoms with Crippen molar-refractivity contribution in [3.05, 3.63) is 39.8 Å². The summed E-state index contributed by atoms with van der Waals surface area (Å²) in [6.07, 6.45) is 1.69. The van der Waals surface area contributed by atoms with Gasteiger partial charge in [-0.15, -0.1) is 11.3 Å². The molecule has 1 aromatic heterocycles. The molecule has 2 rings (SSSR count). The molecule has 7 heteroatoms. The molecule has 0 aliphatic heterocycles. The zero-order valence-corrected chi connectivity index (χ0v) is 10.6. The van der Waals surface area contributed by atoms with Gasteiger partial charge in [-0.05, 0) is 24.3 Å². The van der Waals surface area contributed by atoms with Gasteiger partial charge in [-0.3, -0.25) is 0 Å². The van der Waals surface area contributed by atoms with Crippen LogP contribution in [0.3, 0.4) is 0 Å². The number of anilines is 1. The number of nitrogens with zero attached hydrogens (tertiary/aromatic N) is 1. The summed E-state index contributed by atoms with van der Waals surface area (Å²) in [6.45, 7) is -2.22. The second kappa shape index (κ2) is 5.97. The topological polar surface area (TPSA) is 34.1 Å². The maximum atomic E-state index is 11.9. The van der Waals surface area contributed by atoms with Crippen LogP contribution in [0.15, 0.2) is 30.5 Å². The van der Waals surface area contributed by atoms with E-state index in [1.807, 2.05) is 0 Å². The minimum absolute atomic E-state index is 0.136. The van der Waals surface area contributed by atoms with Crippen LogP contribution in [-0.4, -0.2) is 11.6 Å². The van der Waals surface area contributed by atoms with E-state index in [-0.39, 0.29) is 5.75 Å². The van der Waals surface area contributed by atoms with Gasteiger partial charge >= 0.3 is 6.61 Å². The monoisotopic (exact) mass is 290 g/mol. The summed E-state index contributed by atoms with van der Waals surface area (Å²) in [5, 5.41) is 3.12. The number of halogens is 3. The third-order valence-electron chi connectivity index (χ3n) is 2.07. The van der Waals surface area contributed by atoms with Crippen LogP contribution >= 0.6 is 22.9 Å². The molecular formula is C11H9ClF2N2OS. The lowest BCUT2D eigenvalue weighted by molar-refractivity contribution is -0.0498. The Hall–Kier alpha value is -1.40. The third kappa shape index (κ3) is 3.82. The van der Waals surface area contributed by atoms with E-state index in [2.05, 4.69) is 15.0 Å². The van der Waals surface area contributed by atoms with E-state index in [9.17, 15) is 8.78 Å². The van der Waals surface area contributed by atoms with Crippen LogP contribution in [0.5, 0.6) is 5.75 Å². The molecule has 1 heterocycles. The molecule has 0 atom stereocenters. The highest BCUT2D eigenvalue weighted by atomic mass is 35.5. The van der Waals surface area contributed by atoms with E-state index < -0.39 is 6.61 Å². The van der Waals surface area contributed by atoms with E-state index in [0.29, 0.717) is 11.0 Å². The minimum atomic E-state index is -2.80. The lowest BCUT2D eigenvalue weighted by atomic mass is 10.3. The molecule has 18 heavy (non-hydrogen) atoms. The van der Waals surface area contributed by atoms with Crippen molar-refractivity contribution in [3.63, 3.8) is 0 Å². The number of hydrogen-bond acceptors (Lipinski definition) is 4. The number of thiazole rings is 1. The maximum Gasteiger partial charge on any atom is 0.387 e. The highest BCUT2D eigenvalue weighted by molar-refractivity contribution is 7.15. The molecule has 0 radical (unpaired) electrons. The predicted molar refractivity (Wildman–Crippen MR) is 67.5 cm³/mol. The normalized spacial score (nSPS) is 10.7. The fourth-order valence-electron chi connectivity index (χ4n) is 1.31. The van der Waals surface area contributed by atoms with Crippen molar-refractivity contribution in [2.75, 3.05) is 5.32 Å².